The maximum atomic E-state index is 3.52. The van der Waals surface area contributed by atoms with Crippen molar-refractivity contribution in [2.24, 2.45) is 5.92 Å². The molecule has 3 nitrogen and oxygen atoms in total. The first-order chi connectivity index (χ1) is 8.18. The first kappa shape index (κ1) is 13.3. The molecule has 0 spiro atoms. The standard InChI is InChI=1S/C13H20IN3/c1-9(2)15-7-10-8-16-17-13(10)11-5-3-4-6-12(11)14/h3-6,9-10,13,15-17H,7-8H2,1-2H3. The molecule has 1 saturated heterocycles. The molecule has 0 radical (unpaired) electrons. The number of nitrogens with one attached hydrogen (secondary N) is 3. The summed E-state index contributed by atoms with van der Waals surface area (Å²) in [5.74, 6) is 0.605. The fourth-order valence-corrected chi connectivity index (χ4v) is 2.89. The molecule has 4 heteroatoms. The topological polar surface area (TPSA) is 36.1 Å². The Morgan fingerprint density at radius 3 is 2.88 bits per heavy atom. The maximum Gasteiger partial charge on any atom is 0.0525 e. The molecule has 1 heterocycles. The molecule has 1 aromatic carbocycles. The van der Waals surface area contributed by atoms with Gasteiger partial charge in [0.15, 0.2) is 0 Å². The van der Waals surface area contributed by atoms with Crippen LogP contribution in [0.4, 0.5) is 0 Å². The predicted octanol–water partition coefficient (Wildman–Crippen LogP) is 2.05. The summed E-state index contributed by atoms with van der Waals surface area (Å²) < 4.78 is 1.33. The minimum Gasteiger partial charge on any atom is -0.314 e. The second-order valence-corrected chi connectivity index (χ2v) is 6.01. The molecule has 0 aromatic heterocycles. The highest BCUT2D eigenvalue weighted by atomic mass is 127. The molecular weight excluding hydrogens is 325 g/mol. The van der Waals surface area contributed by atoms with Gasteiger partial charge in [0.05, 0.1) is 6.04 Å². The van der Waals surface area contributed by atoms with E-state index in [1.165, 1.54) is 9.13 Å². The Morgan fingerprint density at radius 1 is 1.41 bits per heavy atom. The van der Waals surface area contributed by atoms with E-state index in [1.54, 1.807) is 0 Å². The summed E-state index contributed by atoms with van der Waals surface area (Å²) >= 11 is 2.41. The van der Waals surface area contributed by atoms with Gasteiger partial charge in [0.1, 0.15) is 0 Å². The molecule has 1 aromatic rings. The molecule has 94 valence electrons. The van der Waals surface area contributed by atoms with Crippen LogP contribution in [0.3, 0.4) is 0 Å². The lowest BCUT2D eigenvalue weighted by atomic mass is 9.95. The summed E-state index contributed by atoms with van der Waals surface area (Å²) in [6.45, 7) is 6.46. The number of benzene rings is 1. The van der Waals surface area contributed by atoms with E-state index in [0.717, 1.165) is 13.1 Å². The lowest BCUT2D eigenvalue weighted by molar-refractivity contribution is 0.422. The van der Waals surface area contributed by atoms with Crippen LogP contribution in [0.2, 0.25) is 0 Å². The highest BCUT2D eigenvalue weighted by molar-refractivity contribution is 14.1. The van der Waals surface area contributed by atoms with Gasteiger partial charge in [-0.15, -0.1) is 0 Å². The van der Waals surface area contributed by atoms with Crippen LogP contribution in [0.25, 0.3) is 0 Å². The summed E-state index contributed by atoms with van der Waals surface area (Å²) in [7, 11) is 0. The van der Waals surface area contributed by atoms with E-state index >= 15 is 0 Å². The third kappa shape index (κ3) is 3.40. The van der Waals surface area contributed by atoms with E-state index < -0.39 is 0 Å². The van der Waals surface area contributed by atoms with Crippen molar-refractivity contribution in [3.63, 3.8) is 0 Å². The van der Waals surface area contributed by atoms with Crippen LogP contribution in [0, 0.1) is 9.49 Å². The zero-order chi connectivity index (χ0) is 12.3. The first-order valence-corrected chi connectivity index (χ1v) is 7.22. The largest absolute Gasteiger partial charge is 0.314 e. The summed E-state index contributed by atoms with van der Waals surface area (Å²) in [4.78, 5) is 0. The van der Waals surface area contributed by atoms with Crippen molar-refractivity contribution in [2.75, 3.05) is 13.1 Å². The predicted molar refractivity (Wildman–Crippen MR) is 79.7 cm³/mol. The van der Waals surface area contributed by atoms with Crippen LogP contribution in [0.5, 0.6) is 0 Å². The Morgan fingerprint density at radius 2 is 2.18 bits per heavy atom. The van der Waals surface area contributed by atoms with Crippen LogP contribution in [-0.4, -0.2) is 19.1 Å². The average Bonchev–Trinajstić information content (AvgIpc) is 2.75. The molecule has 0 amide bonds. The van der Waals surface area contributed by atoms with Crippen LogP contribution in [0.15, 0.2) is 24.3 Å². The van der Waals surface area contributed by atoms with Crippen molar-refractivity contribution in [1.82, 2.24) is 16.2 Å². The van der Waals surface area contributed by atoms with E-state index in [-0.39, 0.29) is 0 Å². The Labute approximate surface area is 117 Å². The van der Waals surface area contributed by atoms with Gasteiger partial charge in [-0.2, -0.15) is 0 Å². The average molecular weight is 345 g/mol. The van der Waals surface area contributed by atoms with E-state index in [1.807, 2.05) is 0 Å². The van der Waals surface area contributed by atoms with Gasteiger partial charge in [-0.25, -0.2) is 5.43 Å². The number of hydrazine groups is 1. The molecule has 2 unspecified atom stereocenters. The highest BCUT2D eigenvalue weighted by Crippen LogP contribution is 2.27. The minimum absolute atomic E-state index is 0.411. The third-order valence-corrected chi connectivity index (χ3v) is 4.10. The SMILES string of the molecule is CC(C)NCC1CNNC1c1ccccc1I. The van der Waals surface area contributed by atoms with Crippen LogP contribution in [0.1, 0.15) is 25.5 Å². The van der Waals surface area contributed by atoms with Crippen LogP contribution in [-0.2, 0) is 0 Å². The number of hydrogen-bond donors (Lipinski definition) is 3. The van der Waals surface area contributed by atoms with Gasteiger partial charge >= 0.3 is 0 Å². The molecule has 17 heavy (non-hydrogen) atoms. The van der Waals surface area contributed by atoms with Gasteiger partial charge in [-0.1, -0.05) is 32.0 Å². The second-order valence-electron chi connectivity index (χ2n) is 4.85. The fraction of sp³-hybridized carbons (Fsp3) is 0.538. The van der Waals surface area contributed by atoms with Crippen LogP contribution < -0.4 is 16.2 Å². The van der Waals surface area contributed by atoms with Crippen molar-refractivity contribution in [3.8, 4) is 0 Å². The Kier molecular flexibility index (Phi) is 4.78. The van der Waals surface area contributed by atoms with Gasteiger partial charge < -0.3 is 5.32 Å². The Balaban J connectivity index is 2.07. The molecule has 2 rings (SSSR count). The van der Waals surface area contributed by atoms with E-state index in [0.29, 0.717) is 18.0 Å². The molecule has 3 N–H and O–H groups in total. The summed E-state index contributed by atoms with van der Waals surface area (Å²) in [5.41, 5.74) is 8.07. The quantitative estimate of drug-likeness (QED) is 0.731. The molecule has 2 atom stereocenters. The molecule has 0 aliphatic carbocycles. The van der Waals surface area contributed by atoms with Gasteiger partial charge in [-0.3, -0.25) is 5.43 Å². The number of hydrogen-bond acceptors (Lipinski definition) is 3. The zero-order valence-electron chi connectivity index (χ0n) is 10.3. The summed E-state index contributed by atoms with van der Waals surface area (Å²) in [6, 6.07) is 9.55. The molecule has 0 saturated carbocycles. The normalized spacial score (nSPS) is 24.5. The smallest absolute Gasteiger partial charge is 0.0525 e. The van der Waals surface area contributed by atoms with Crippen molar-refractivity contribution < 1.29 is 0 Å². The van der Waals surface area contributed by atoms with Crippen molar-refractivity contribution in [3.05, 3.63) is 33.4 Å². The summed E-state index contributed by atoms with van der Waals surface area (Å²) in [5, 5.41) is 3.52. The number of halogens is 1. The van der Waals surface area contributed by atoms with E-state index in [2.05, 4.69) is 76.9 Å². The van der Waals surface area contributed by atoms with E-state index in [9.17, 15) is 0 Å². The van der Waals surface area contributed by atoms with Gasteiger partial charge in [0, 0.05) is 28.6 Å². The van der Waals surface area contributed by atoms with Gasteiger partial charge in [-0.05, 0) is 34.2 Å². The lowest BCUT2D eigenvalue weighted by Crippen LogP contribution is -2.32. The second kappa shape index (κ2) is 6.13. The zero-order valence-corrected chi connectivity index (χ0v) is 12.5. The molecule has 1 aliphatic rings. The van der Waals surface area contributed by atoms with E-state index in [4.69, 9.17) is 0 Å². The first-order valence-electron chi connectivity index (χ1n) is 6.14. The molecular formula is C13H20IN3. The van der Waals surface area contributed by atoms with Crippen molar-refractivity contribution in [1.29, 1.82) is 0 Å². The molecule has 1 aliphatic heterocycles. The fourth-order valence-electron chi connectivity index (χ4n) is 2.17. The Bertz CT molecular complexity index is 367. The molecule has 0 bridgehead atoms. The highest BCUT2D eigenvalue weighted by Gasteiger charge is 2.29. The Hall–Kier alpha value is -0.170. The van der Waals surface area contributed by atoms with Gasteiger partial charge in [0.25, 0.3) is 0 Å². The van der Waals surface area contributed by atoms with Crippen molar-refractivity contribution in [2.45, 2.75) is 25.9 Å². The monoisotopic (exact) mass is 345 g/mol. The lowest BCUT2D eigenvalue weighted by Gasteiger charge is -2.21. The molecule has 1 fully saturated rings. The van der Waals surface area contributed by atoms with Crippen molar-refractivity contribution >= 4 is 22.6 Å². The summed E-state index contributed by atoms with van der Waals surface area (Å²) in [6.07, 6.45) is 0. The van der Waals surface area contributed by atoms with Crippen LogP contribution >= 0.6 is 22.6 Å². The third-order valence-electron chi connectivity index (χ3n) is 3.12. The number of rotatable bonds is 4. The minimum atomic E-state index is 0.411. The maximum absolute atomic E-state index is 3.52. The van der Waals surface area contributed by atoms with Gasteiger partial charge in [0.2, 0.25) is 0 Å².